The molecular formula is C58H42O2. The Hall–Kier alpha value is -7.94. The molecule has 60 heavy (non-hydrogen) atoms. The molecule has 2 nitrogen and oxygen atoms in total. The Labute approximate surface area is 352 Å². The number of benzene rings is 8. The van der Waals surface area contributed by atoms with Gasteiger partial charge in [0.1, 0.15) is 0 Å². The van der Waals surface area contributed by atoms with Crippen molar-refractivity contribution in [3.8, 4) is 0 Å². The molecule has 0 bridgehead atoms. The van der Waals surface area contributed by atoms with Crippen LogP contribution in [0.5, 0.6) is 0 Å². The summed E-state index contributed by atoms with van der Waals surface area (Å²) >= 11 is 0. The lowest BCUT2D eigenvalue weighted by Gasteiger charge is -2.21. The molecule has 0 fully saturated rings. The number of carbonyl (C=O) groups excluding carboxylic acids is 2. The molecule has 0 spiro atoms. The van der Waals surface area contributed by atoms with Crippen molar-refractivity contribution in [2.75, 3.05) is 0 Å². The van der Waals surface area contributed by atoms with E-state index in [1.54, 1.807) is 0 Å². The summed E-state index contributed by atoms with van der Waals surface area (Å²) in [7, 11) is 0. The van der Waals surface area contributed by atoms with Crippen molar-refractivity contribution in [2.24, 2.45) is 0 Å². The SMILES string of the molecule is O=C(/C(=C(/C(=C/C=C(/C(=C(/C(=O)c1ccccc1)c1ccccc1)c1ccccc1)c1ccccc1)c1ccccc1)c1ccccc1)c1ccccc1)c1ccccc1. The van der Waals surface area contributed by atoms with Crippen molar-refractivity contribution in [3.05, 3.63) is 299 Å². The first kappa shape index (κ1) is 38.9. The summed E-state index contributed by atoms with van der Waals surface area (Å²) in [5.74, 6) is -0.168. The van der Waals surface area contributed by atoms with E-state index in [1.165, 1.54) is 0 Å². The third kappa shape index (κ3) is 8.79. The minimum atomic E-state index is -0.0839. The number of rotatable bonds is 13. The topological polar surface area (TPSA) is 34.1 Å². The molecule has 0 aromatic heterocycles. The lowest BCUT2D eigenvalue weighted by molar-refractivity contribution is 0.104. The van der Waals surface area contributed by atoms with Gasteiger partial charge in [-0.1, -0.05) is 255 Å². The Kier molecular flexibility index (Phi) is 12.3. The number of ketones is 2. The van der Waals surface area contributed by atoms with E-state index in [-0.39, 0.29) is 11.6 Å². The fourth-order valence-corrected chi connectivity index (χ4v) is 7.58. The first-order valence-corrected chi connectivity index (χ1v) is 20.1. The summed E-state index contributed by atoms with van der Waals surface area (Å²) in [6.45, 7) is 0. The highest BCUT2D eigenvalue weighted by atomic mass is 16.1. The van der Waals surface area contributed by atoms with Gasteiger partial charge in [0.15, 0.2) is 11.6 Å². The Morgan fingerprint density at radius 3 is 0.633 bits per heavy atom. The van der Waals surface area contributed by atoms with E-state index in [1.807, 2.05) is 194 Å². The second kappa shape index (κ2) is 19.0. The Bertz CT molecular complexity index is 2610. The molecule has 0 aliphatic rings. The van der Waals surface area contributed by atoms with Crippen LogP contribution in [0.3, 0.4) is 0 Å². The van der Waals surface area contributed by atoms with Gasteiger partial charge < -0.3 is 0 Å². The third-order valence-electron chi connectivity index (χ3n) is 10.4. The monoisotopic (exact) mass is 770 g/mol. The van der Waals surface area contributed by atoms with E-state index < -0.39 is 0 Å². The van der Waals surface area contributed by atoms with Crippen LogP contribution in [-0.4, -0.2) is 11.6 Å². The summed E-state index contributed by atoms with van der Waals surface area (Å²) in [4.78, 5) is 30.1. The normalized spacial score (nSPS) is 12.5. The molecule has 8 aromatic rings. The van der Waals surface area contributed by atoms with E-state index in [2.05, 4.69) is 60.7 Å². The van der Waals surface area contributed by atoms with Crippen LogP contribution < -0.4 is 0 Å². The molecule has 0 radical (unpaired) electrons. The van der Waals surface area contributed by atoms with Crippen LogP contribution in [0.1, 0.15) is 54.1 Å². The molecule has 0 amide bonds. The van der Waals surface area contributed by atoms with E-state index in [9.17, 15) is 0 Å². The van der Waals surface area contributed by atoms with Gasteiger partial charge in [0.2, 0.25) is 0 Å². The quantitative estimate of drug-likeness (QED) is 0.0506. The highest BCUT2D eigenvalue weighted by molar-refractivity contribution is 6.40. The molecule has 0 saturated carbocycles. The third-order valence-corrected chi connectivity index (χ3v) is 10.4. The van der Waals surface area contributed by atoms with Gasteiger partial charge in [0.05, 0.1) is 0 Å². The van der Waals surface area contributed by atoms with E-state index in [0.717, 1.165) is 55.7 Å². The van der Waals surface area contributed by atoms with Crippen molar-refractivity contribution in [3.63, 3.8) is 0 Å². The highest BCUT2D eigenvalue weighted by Crippen LogP contribution is 2.43. The summed E-state index contributed by atoms with van der Waals surface area (Å²) in [5.41, 5.74) is 10.9. The highest BCUT2D eigenvalue weighted by Gasteiger charge is 2.26. The van der Waals surface area contributed by atoms with Crippen LogP contribution in [0.15, 0.2) is 255 Å². The zero-order valence-electron chi connectivity index (χ0n) is 33.1. The molecule has 0 heterocycles. The molecule has 0 aliphatic carbocycles. The Morgan fingerprint density at radius 1 is 0.217 bits per heavy atom. The van der Waals surface area contributed by atoms with E-state index in [4.69, 9.17) is 0 Å². The smallest absolute Gasteiger partial charge is 0.194 e. The lowest BCUT2D eigenvalue weighted by Crippen LogP contribution is -2.08. The van der Waals surface area contributed by atoms with Crippen LogP contribution in [0.25, 0.3) is 33.4 Å². The largest absolute Gasteiger partial charge is 0.289 e. The summed E-state index contributed by atoms with van der Waals surface area (Å²) in [6, 6.07) is 79.5. The predicted octanol–water partition coefficient (Wildman–Crippen LogP) is 14.1. The first-order valence-electron chi connectivity index (χ1n) is 20.1. The first-order chi connectivity index (χ1) is 29.7. The van der Waals surface area contributed by atoms with Crippen LogP contribution >= 0.6 is 0 Å². The maximum Gasteiger partial charge on any atom is 0.194 e. The number of hydrogen-bond donors (Lipinski definition) is 0. The molecule has 2 heteroatoms. The minimum Gasteiger partial charge on any atom is -0.289 e. The zero-order chi connectivity index (χ0) is 40.9. The Morgan fingerprint density at radius 2 is 0.400 bits per heavy atom. The number of Topliss-reactive ketones (excluding diaryl/α,β-unsaturated/α-hetero) is 2. The van der Waals surface area contributed by atoms with Crippen LogP contribution in [-0.2, 0) is 0 Å². The minimum absolute atomic E-state index is 0.0839. The molecule has 0 atom stereocenters. The average molecular weight is 771 g/mol. The number of carbonyl (C=O) groups is 2. The van der Waals surface area contributed by atoms with Crippen molar-refractivity contribution in [1.29, 1.82) is 0 Å². The average Bonchev–Trinajstić information content (AvgIpc) is 3.34. The summed E-state index contributed by atoms with van der Waals surface area (Å²) in [5, 5.41) is 0. The van der Waals surface area contributed by atoms with Gasteiger partial charge in [-0.05, 0) is 44.5 Å². The number of allylic oxidation sites excluding steroid dienone is 8. The van der Waals surface area contributed by atoms with Gasteiger partial charge >= 0.3 is 0 Å². The molecule has 0 saturated heterocycles. The van der Waals surface area contributed by atoms with Gasteiger partial charge in [0, 0.05) is 33.4 Å². The van der Waals surface area contributed by atoms with E-state index in [0.29, 0.717) is 22.3 Å². The van der Waals surface area contributed by atoms with Gasteiger partial charge in [-0.2, -0.15) is 0 Å². The Balaban J connectivity index is 1.52. The summed E-state index contributed by atoms with van der Waals surface area (Å²) < 4.78 is 0. The van der Waals surface area contributed by atoms with Crippen LogP contribution in [0, 0.1) is 0 Å². The van der Waals surface area contributed by atoms with Crippen LogP contribution in [0.2, 0.25) is 0 Å². The van der Waals surface area contributed by atoms with Crippen LogP contribution in [0.4, 0.5) is 0 Å². The predicted molar refractivity (Wildman–Crippen MR) is 250 cm³/mol. The van der Waals surface area contributed by atoms with Gasteiger partial charge in [-0.3, -0.25) is 9.59 Å². The molecular weight excluding hydrogens is 729 g/mol. The number of hydrogen-bond acceptors (Lipinski definition) is 2. The second-order valence-corrected chi connectivity index (χ2v) is 14.2. The van der Waals surface area contributed by atoms with E-state index >= 15 is 9.59 Å². The zero-order valence-corrected chi connectivity index (χ0v) is 33.1. The molecule has 286 valence electrons. The molecule has 0 aliphatic heterocycles. The van der Waals surface area contributed by atoms with Gasteiger partial charge in [0.25, 0.3) is 0 Å². The molecule has 0 N–H and O–H groups in total. The maximum absolute atomic E-state index is 15.1. The molecule has 8 aromatic carbocycles. The second-order valence-electron chi connectivity index (χ2n) is 14.2. The molecule has 8 rings (SSSR count). The standard InChI is InChI=1S/C58H42O2/c59-57(49-37-21-7-22-38-49)55(47-33-17-5-18-34-47)53(45-29-13-3-14-30-45)51(43-25-9-1-10-26-43)41-42-52(44-27-11-2-12-28-44)54(46-31-15-4-16-32-46)56(48-35-19-6-20-36-48)58(60)50-39-23-8-24-40-50/h1-42H/b51-41+,52-42+,55-53+,56-54+. The lowest BCUT2D eigenvalue weighted by atomic mass is 9.81. The van der Waals surface area contributed by atoms with Crippen molar-refractivity contribution < 1.29 is 9.59 Å². The van der Waals surface area contributed by atoms with Gasteiger partial charge in [-0.15, -0.1) is 0 Å². The molecule has 0 unspecified atom stereocenters. The fraction of sp³-hybridized carbons (Fsp3) is 0. The van der Waals surface area contributed by atoms with Crippen molar-refractivity contribution in [1.82, 2.24) is 0 Å². The van der Waals surface area contributed by atoms with Crippen molar-refractivity contribution >= 4 is 45.0 Å². The van der Waals surface area contributed by atoms with Gasteiger partial charge in [-0.25, -0.2) is 0 Å². The fourth-order valence-electron chi connectivity index (χ4n) is 7.58. The van der Waals surface area contributed by atoms with Crippen molar-refractivity contribution in [2.45, 2.75) is 0 Å². The maximum atomic E-state index is 15.1. The summed E-state index contributed by atoms with van der Waals surface area (Å²) in [6.07, 6.45) is 4.25.